The van der Waals surface area contributed by atoms with Crippen LogP contribution in [0, 0.1) is 6.92 Å². The summed E-state index contributed by atoms with van der Waals surface area (Å²) in [6, 6.07) is 6.01. The van der Waals surface area contributed by atoms with E-state index in [0.717, 1.165) is 30.8 Å². The van der Waals surface area contributed by atoms with E-state index < -0.39 is 0 Å². The Morgan fingerprint density at radius 2 is 1.78 bits per heavy atom. The molecule has 0 unspecified atom stereocenters. The number of rotatable bonds is 10. The molecule has 4 nitrogen and oxygen atoms in total. The van der Waals surface area contributed by atoms with Gasteiger partial charge >= 0.3 is 6.03 Å². The Kier molecular flexibility index (Phi) is 9.18. The molecule has 0 fully saturated rings. The van der Waals surface area contributed by atoms with Gasteiger partial charge in [-0.2, -0.15) is 0 Å². The third-order valence-corrected chi connectivity index (χ3v) is 4.19. The van der Waals surface area contributed by atoms with E-state index in [1.54, 1.807) is 0 Å². The van der Waals surface area contributed by atoms with Gasteiger partial charge in [-0.05, 0) is 44.0 Å². The van der Waals surface area contributed by atoms with Crippen LogP contribution < -0.4 is 15.5 Å². The highest BCUT2D eigenvalue weighted by Gasteiger charge is 2.06. The third-order valence-electron chi connectivity index (χ3n) is 4.19. The molecule has 1 rings (SSSR count). The Morgan fingerprint density at radius 3 is 2.43 bits per heavy atom. The van der Waals surface area contributed by atoms with Gasteiger partial charge in [0.15, 0.2) is 0 Å². The first-order valence-corrected chi connectivity index (χ1v) is 8.95. The molecule has 130 valence electrons. The van der Waals surface area contributed by atoms with Gasteiger partial charge in [0.25, 0.3) is 0 Å². The Bertz CT molecular complexity index is 474. The van der Waals surface area contributed by atoms with Crippen molar-refractivity contribution in [3.63, 3.8) is 0 Å². The number of nitrogens with zero attached hydrogens (tertiary/aromatic N) is 1. The predicted octanol–water partition coefficient (Wildman–Crippen LogP) is 4.93. The molecule has 1 aromatic carbocycles. The molecule has 0 spiro atoms. The van der Waals surface area contributed by atoms with Crippen LogP contribution in [0.5, 0.6) is 0 Å². The summed E-state index contributed by atoms with van der Waals surface area (Å²) in [5.74, 6) is 0. The van der Waals surface area contributed by atoms with Crippen molar-refractivity contribution < 1.29 is 4.79 Å². The van der Waals surface area contributed by atoms with E-state index in [1.807, 2.05) is 19.1 Å². The highest BCUT2D eigenvalue weighted by molar-refractivity contribution is 5.90. The van der Waals surface area contributed by atoms with Crippen LogP contribution in [0.4, 0.5) is 16.2 Å². The Balaban J connectivity index is 2.31. The number of hydrogen-bond donors (Lipinski definition) is 2. The Morgan fingerprint density at radius 1 is 1.09 bits per heavy atom. The zero-order chi connectivity index (χ0) is 17.1. The van der Waals surface area contributed by atoms with Crippen LogP contribution in [0.1, 0.15) is 57.9 Å². The second-order valence-electron chi connectivity index (χ2n) is 6.16. The van der Waals surface area contributed by atoms with Crippen LogP contribution in [-0.4, -0.2) is 26.2 Å². The monoisotopic (exact) mass is 319 g/mol. The largest absolute Gasteiger partial charge is 0.375 e. The molecule has 0 saturated heterocycles. The molecule has 0 heterocycles. The van der Waals surface area contributed by atoms with Crippen molar-refractivity contribution in [3.8, 4) is 0 Å². The molecule has 0 saturated carbocycles. The molecule has 0 radical (unpaired) electrons. The lowest BCUT2D eigenvalue weighted by Gasteiger charge is -2.18. The fraction of sp³-hybridized carbons (Fsp3) is 0.632. The zero-order valence-corrected chi connectivity index (χ0v) is 15.2. The summed E-state index contributed by atoms with van der Waals surface area (Å²) in [4.78, 5) is 14.1. The fourth-order valence-electron chi connectivity index (χ4n) is 2.48. The summed E-state index contributed by atoms with van der Waals surface area (Å²) in [5.41, 5.74) is 3.12. The molecule has 23 heavy (non-hydrogen) atoms. The highest BCUT2D eigenvalue weighted by atomic mass is 16.2. The van der Waals surface area contributed by atoms with Crippen molar-refractivity contribution in [2.24, 2.45) is 0 Å². The molecule has 0 aliphatic heterocycles. The first kappa shape index (κ1) is 19.3. The lowest BCUT2D eigenvalue weighted by molar-refractivity contribution is 0.252. The number of benzene rings is 1. The van der Waals surface area contributed by atoms with Crippen LogP contribution in [0.25, 0.3) is 0 Å². The number of unbranched alkanes of at least 4 members (excludes halogenated alkanes) is 5. The van der Waals surface area contributed by atoms with Crippen LogP contribution in [0.3, 0.4) is 0 Å². The number of carbonyl (C=O) groups is 1. The summed E-state index contributed by atoms with van der Waals surface area (Å²) >= 11 is 0. The molecule has 1 aromatic rings. The highest BCUT2D eigenvalue weighted by Crippen LogP contribution is 2.21. The van der Waals surface area contributed by atoms with E-state index >= 15 is 0 Å². The lowest BCUT2D eigenvalue weighted by atomic mass is 10.1. The van der Waals surface area contributed by atoms with E-state index in [0.29, 0.717) is 0 Å². The molecule has 2 amide bonds. The van der Waals surface area contributed by atoms with Crippen LogP contribution >= 0.6 is 0 Å². The van der Waals surface area contributed by atoms with Crippen molar-refractivity contribution in [2.45, 2.75) is 59.3 Å². The van der Waals surface area contributed by atoms with Crippen LogP contribution in [0.15, 0.2) is 18.2 Å². The summed E-state index contributed by atoms with van der Waals surface area (Å²) in [7, 11) is 2.06. The van der Waals surface area contributed by atoms with Gasteiger partial charge in [-0.15, -0.1) is 0 Å². The molecular weight excluding hydrogens is 286 g/mol. The molecule has 0 aliphatic carbocycles. The number of anilines is 2. The van der Waals surface area contributed by atoms with Gasteiger partial charge in [0.2, 0.25) is 0 Å². The maximum absolute atomic E-state index is 11.9. The number of urea groups is 1. The second kappa shape index (κ2) is 10.9. The van der Waals surface area contributed by atoms with Gasteiger partial charge in [0.05, 0.1) is 0 Å². The van der Waals surface area contributed by atoms with Crippen molar-refractivity contribution in [3.05, 3.63) is 23.8 Å². The topological polar surface area (TPSA) is 44.4 Å². The molecule has 0 aliphatic rings. The average molecular weight is 319 g/mol. The standard InChI is InChI=1S/C19H33N3O/c1-5-7-8-9-10-11-14-20-19(23)21-18-13-12-17(15-16(18)3)22(4)6-2/h12-13,15H,5-11,14H2,1-4H3,(H2,20,21,23). The van der Waals surface area contributed by atoms with Gasteiger partial charge in [-0.25, -0.2) is 4.79 Å². The number of amides is 2. The minimum absolute atomic E-state index is 0.113. The normalized spacial score (nSPS) is 10.4. The fourth-order valence-corrected chi connectivity index (χ4v) is 2.48. The zero-order valence-electron chi connectivity index (χ0n) is 15.2. The quantitative estimate of drug-likeness (QED) is 0.600. The molecule has 0 bridgehead atoms. The smallest absolute Gasteiger partial charge is 0.319 e. The van der Waals surface area contributed by atoms with Gasteiger partial charge in [-0.3, -0.25) is 0 Å². The molecule has 2 N–H and O–H groups in total. The number of carbonyl (C=O) groups excluding carboxylic acids is 1. The number of nitrogens with one attached hydrogen (secondary N) is 2. The third kappa shape index (κ3) is 7.40. The van der Waals surface area contributed by atoms with Crippen molar-refractivity contribution in [1.82, 2.24) is 5.32 Å². The van der Waals surface area contributed by atoms with Gasteiger partial charge < -0.3 is 15.5 Å². The van der Waals surface area contributed by atoms with Crippen molar-refractivity contribution in [1.29, 1.82) is 0 Å². The maximum Gasteiger partial charge on any atom is 0.319 e. The average Bonchev–Trinajstić information content (AvgIpc) is 2.55. The summed E-state index contributed by atoms with van der Waals surface area (Å²) in [6.45, 7) is 8.08. The van der Waals surface area contributed by atoms with Gasteiger partial charge in [-0.1, -0.05) is 39.0 Å². The van der Waals surface area contributed by atoms with Crippen molar-refractivity contribution >= 4 is 17.4 Å². The van der Waals surface area contributed by atoms with Crippen molar-refractivity contribution in [2.75, 3.05) is 30.4 Å². The SMILES string of the molecule is CCCCCCCCNC(=O)Nc1ccc(N(C)CC)cc1C. The summed E-state index contributed by atoms with van der Waals surface area (Å²) < 4.78 is 0. The number of hydrogen-bond acceptors (Lipinski definition) is 2. The van der Waals surface area contributed by atoms with E-state index in [9.17, 15) is 4.79 Å². The summed E-state index contributed by atoms with van der Waals surface area (Å²) in [5, 5.41) is 5.87. The van der Waals surface area contributed by atoms with Gasteiger partial charge in [0.1, 0.15) is 0 Å². The minimum atomic E-state index is -0.113. The van der Waals surface area contributed by atoms with Crippen LogP contribution in [-0.2, 0) is 0 Å². The van der Waals surface area contributed by atoms with E-state index in [2.05, 4.69) is 42.5 Å². The number of aryl methyl sites for hydroxylation is 1. The molecule has 0 atom stereocenters. The lowest BCUT2D eigenvalue weighted by Crippen LogP contribution is -2.29. The van der Waals surface area contributed by atoms with Crippen LogP contribution in [0.2, 0.25) is 0 Å². The first-order chi connectivity index (χ1) is 11.1. The molecular formula is C19H33N3O. The molecule has 0 aromatic heterocycles. The predicted molar refractivity (Wildman–Crippen MR) is 101 cm³/mol. The second-order valence-corrected chi connectivity index (χ2v) is 6.16. The van der Waals surface area contributed by atoms with E-state index in [1.165, 1.54) is 37.8 Å². The first-order valence-electron chi connectivity index (χ1n) is 8.95. The molecule has 4 heteroatoms. The van der Waals surface area contributed by atoms with E-state index in [4.69, 9.17) is 0 Å². The Hall–Kier alpha value is -1.71. The maximum atomic E-state index is 11.9. The van der Waals surface area contributed by atoms with Gasteiger partial charge in [0, 0.05) is 31.5 Å². The Labute approximate surface area is 141 Å². The van der Waals surface area contributed by atoms with E-state index in [-0.39, 0.29) is 6.03 Å². The summed E-state index contributed by atoms with van der Waals surface area (Å²) in [6.07, 6.45) is 7.40. The minimum Gasteiger partial charge on any atom is -0.375 e.